The molecule has 3 rings (SSSR count). The number of phenolic OH excluding ortho intramolecular Hbond substituents is 1. The van der Waals surface area contributed by atoms with Crippen molar-refractivity contribution in [2.24, 2.45) is 0 Å². The van der Waals surface area contributed by atoms with Crippen LogP contribution in [0.15, 0.2) is 35.2 Å². The van der Waals surface area contributed by atoms with Crippen molar-refractivity contribution in [3.8, 4) is 17.2 Å². The molecule has 7 nitrogen and oxygen atoms in total. The molecule has 1 amide bonds. The molecule has 0 atom stereocenters. The molecule has 1 heterocycles. The molecule has 0 radical (unpaired) electrons. The Bertz CT molecular complexity index is 1090. The molecule has 0 fully saturated rings. The number of carbonyl (C=O) groups excluding carboxylic acids is 1. The smallest absolute Gasteiger partial charge is 0.338 e. The van der Waals surface area contributed by atoms with Crippen LogP contribution in [0.4, 0.5) is 4.79 Å². The summed E-state index contributed by atoms with van der Waals surface area (Å²) in [5.41, 5.74) is 3.30. The van der Waals surface area contributed by atoms with Crippen molar-refractivity contribution in [1.82, 2.24) is 9.27 Å². The highest BCUT2D eigenvalue weighted by atomic mass is 32.1. The predicted octanol–water partition coefficient (Wildman–Crippen LogP) is 1.07. The lowest BCUT2D eigenvalue weighted by atomic mass is 10.2. The number of benzene rings is 1. The van der Waals surface area contributed by atoms with Crippen LogP contribution in [0.2, 0.25) is 0 Å². The molecule has 1 aliphatic carbocycles. The Morgan fingerprint density at radius 2 is 2.04 bits per heavy atom. The van der Waals surface area contributed by atoms with Crippen LogP contribution in [0.1, 0.15) is 12.0 Å². The molecule has 8 heteroatoms. The topological polar surface area (TPSA) is 89.8 Å². The van der Waals surface area contributed by atoms with Crippen LogP contribution in [0, 0.1) is 0 Å². The van der Waals surface area contributed by atoms with Crippen molar-refractivity contribution in [3.63, 3.8) is 0 Å². The number of aromatic hydroxyl groups is 1. The van der Waals surface area contributed by atoms with Crippen molar-refractivity contribution in [1.29, 1.82) is 0 Å². The van der Waals surface area contributed by atoms with Crippen molar-refractivity contribution in [2.45, 2.75) is 13.0 Å². The van der Waals surface area contributed by atoms with E-state index in [9.17, 15) is 14.7 Å². The van der Waals surface area contributed by atoms with Gasteiger partial charge in [-0.15, -0.1) is 5.73 Å². The van der Waals surface area contributed by atoms with Crippen molar-refractivity contribution in [3.05, 3.63) is 56.0 Å². The van der Waals surface area contributed by atoms with E-state index in [0.29, 0.717) is 15.3 Å². The average Bonchev–Trinajstić information content (AvgIpc) is 2.95. The highest BCUT2D eigenvalue weighted by Gasteiger charge is 2.14. The number of phenols is 1. The highest BCUT2D eigenvalue weighted by Crippen LogP contribution is 2.36. The Hall–Kier alpha value is -3.22. The third kappa shape index (κ3) is 3.81. The number of nitrogens with one attached hydrogen (secondary N) is 1. The lowest BCUT2D eigenvalue weighted by Gasteiger charge is -2.11. The maximum absolute atomic E-state index is 12.5. The minimum absolute atomic E-state index is 0.115. The largest absolute Gasteiger partial charge is 0.502 e. The molecule has 0 bridgehead atoms. The second-order valence-electron chi connectivity index (χ2n) is 5.62. The molecule has 1 aromatic heterocycles. The molecule has 0 saturated carbocycles. The van der Waals surface area contributed by atoms with Crippen LogP contribution in [-0.4, -0.2) is 29.3 Å². The van der Waals surface area contributed by atoms with Gasteiger partial charge in [-0.25, -0.2) is 4.79 Å². The lowest BCUT2D eigenvalue weighted by molar-refractivity contribution is 0.243. The first-order valence-corrected chi connectivity index (χ1v) is 8.89. The number of rotatable bonds is 4. The molecule has 0 unspecified atom stereocenters. The standard InChI is InChI=1S/C19H18N2O5S/c1-25-14-9-12(10-15(26-2)17(14)22)11-20-19(24)21-18(23)13-7-5-3-4-6-8-16(13)27-21/h3,5-7,9-10,22H,4,11H2,1-2H3,(H,20,24). The zero-order chi connectivity index (χ0) is 19.4. The van der Waals surface area contributed by atoms with Crippen molar-refractivity contribution in [2.75, 3.05) is 14.2 Å². The van der Waals surface area contributed by atoms with E-state index < -0.39 is 6.03 Å². The van der Waals surface area contributed by atoms with Gasteiger partial charge in [-0.1, -0.05) is 12.2 Å². The van der Waals surface area contributed by atoms with Gasteiger partial charge in [-0.05, 0) is 47.8 Å². The molecular weight excluding hydrogens is 368 g/mol. The summed E-state index contributed by atoms with van der Waals surface area (Å²) in [5, 5.41) is 13.1. The first kappa shape index (κ1) is 18.6. The monoisotopic (exact) mass is 386 g/mol. The summed E-state index contributed by atoms with van der Waals surface area (Å²) in [7, 11) is 2.85. The van der Waals surface area contributed by atoms with Crippen LogP contribution in [0.5, 0.6) is 17.2 Å². The molecular formula is C19H18N2O5S. The number of aromatic nitrogens is 1. The van der Waals surface area contributed by atoms with E-state index in [-0.39, 0.29) is 29.4 Å². The fourth-order valence-electron chi connectivity index (χ4n) is 2.54. The zero-order valence-corrected chi connectivity index (χ0v) is 15.6. The summed E-state index contributed by atoms with van der Waals surface area (Å²) in [4.78, 5) is 25.0. The molecule has 27 heavy (non-hydrogen) atoms. The van der Waals surface area contributed by atoms with Crippen molar-refractivity contribution >= 4 is 29.4 Å². The fourth-order valence-corrected chi connectivity index (χ4v) is 3.44. The van der Waals surface area contributed by atoms with Gasteiger partial charge in [0.15, 0.2) is 11.5 Å². The van der Waals surface area contributed by atoms with Gasteiger partial charge in [0.2, 0.25) is 5.75 Å². The number of fused-ring (bicyclic) bond motifs is 1. The SMILES string of the molecule is COc1cc(CNC(=O)n2sc3c(c2=O)=CC=CCC=C=3)cc(OC)c1O. The third-order valence-corrected chi connectivity index (χ3v) is 4.93. The molecule has 2 aromatic rings. The first-order valence-electron chi connectivity index (χ1n) is 8.11. The summed E-state index contributed by atoms with van der Waals surface area (Å²) in [5.74, 6) is 0.349. The maximum atomic E-state index is 12.5. The number of methoxy groups -OCH3 is 2. The van der Waals surface area contributed by atoms with E-state index in [4.69, 9.17) is 9.47 Å². The Morgan fingerprint density at radius 3 is 2.70 bits per heavy atom. The second-order valence-corrected chi connectivity index (χ2v) is 6.58. The number of nitrogens with zero attached hydrogens (tertiary/aromatic N) is 1. The van der Waals surface area contributed by atoms with Crippen LogP contribution in [0.25, 0.3) is 11.8 Å². The number of amides is 1. The minimum Gasteiger partial charge on any atom is -0.502 e. The molecule has 2 N–H and O–H groups in total. The molecule has 0 aliphatic heterocycles. The lowest BCUT2D eigenvalue weighted by Crippen LogP contribution is -2.39. The summed E-state index contributed by atoms with van der Waals surface area (Å²) < 4.78 is 11.9. The van der Waals surface area contributed by atoms with Crippen LogP contribution < -0.4 is 30.1 Å². The Morgan fingerprint density at radius 1 is 1.33 bits per heavy atom. The van der Waals surface area contributed by atoms with Crippen LogP contribution in [0.3, 0.4) is 0 Å². The minimum atomic E-state index is -0.540. The fraction of sp³-hybridized carbons (Fsp3) is 0.211. The van der Waals surface area contributed by atoms with Gasteiger partial charge in [0, 0.05) is 6.54 Å². The third-order valence-electron chi connectivity index (χ3n) is 3.90. The van der Waals surface area contributed by atoms with E-state index in [1.54, 1.807) is 24.3 Å². The average molecular weight is 386 g/mol. The first-order chi connectivity index (χ1) is 13.0. The number of carbonyl (C=O) groups is 1. The molecule has 0 spiro atoms. The van der Waals surface area contributed by atoms with Gasteiger partial charge in [-0.2, -0.15) is 3.96 Å². The maximum Gasteiger partial charge on any atom is 0.338 e. The molecule has 0 saturated heterocycles. The van der Waals surface area contributed by atoms with Gasteiger partial charge in [-0.3, -0.25) is 4.79 Å². The quantitative estimate of drug-likeness (QED) is 0.820. The van der Waals surface area contributed by atoms with E-state index in [1.165, 1.54) is 14.2 Å². The second kappa shape index (κ2) is 7.99. The van der Waals surface area contributed by atoms with Gasteiger partial charge >= 0.3 is 6.03 Å². The van der Waals surface area contributed by atoms with Crippen molar-refractivity contribution < 1.29 is 19.4 Å². The highest BCUT2D eigenvalue weighted by molar-refractivity contribution is 7.05. The van der Waals surface area contributed by atoms with E-state index >= 15 is 0 Å². The normalized spacial score (nSPS) is 12.2. The van der Waals surface area contributed by atoms with Gasteiger partial charge in [0.1, 0.15) is 0 Å². The summed E-state index contributed by atoms with van der Waals surface area (Å²) in [6.45, 7) is 0.129. The van der Waals surface area contributed by atoms with E-state index in [0.717, 1.165) is 21.9 Å². The number of hydrogen-bond donors (Lipinski definition) is 2. The summed E-state index contributed by atoms with van der Waals surface area (Å²) >= 11 is 1.04. The Kier molecular flexibility index (Phi) is 5.49. The number of ether oxygens (including phenoxy) is 2. The van der Waals surface area contributed by atoms with E-state index in [2.05, 4.69) is 11.0 Å². The van der Waals surface area contributed by atoms with Gasteiger partial charge < -0.3 is 19.9 Å². The van der Waals surface area contributed by atoms with Gasteiger partial charge in [0.05, 0.1) is 24.0 Å². The Labute approximate surface area is 158 Å². The van der Waals surface area contributed by atoms with E-state index in [1.807, 2.05) is 12.2 Å². The number of hydrogen-bond acceptors (Lipinski definition) is 6. The number of allylic oxidation sites excluding steroid dienone is 3. The zero-order valence-electron chi connectivity index (χ0n) is 14.8. The molecule has 1 aromatic carbocycles. The molecule has 1 aliphatic rings. The van der Waals surface area contributed by atoms with Gasteiger partial charge in [0.25, 0.3) is 5.56 Å². The predicted molar refractivity (Wildman–Crippen MR) is 103 cm³/mol. The summed E-state index contributed by atoms with van der Waals surface area (Å²) in [6, 6.07) is 2.63. The van der Waals surface area contributed by atoms with Crippen LogP contribution >= 0.6 is 11.5 Å². The molecule has 140 valence electrons. The van der Waals surface area contributed by atoms with Crippen LogP contribution in [-0.2, 0) is 6.54 Å². The summed E-state index contributed by atoms with van der Waals surface area (Å²) in [6.07, 6.45) is 7.92. The Balaban J connectivity index is 1.87.